The van der Waals surface area contributed by atoms with E-state index in [1.54, 1.807) is 0 Å². The predicted molar refractivity (Wildman–Crippen MR) is 81.8 cm³/mol. The quantitative estimate of drug-likeness (QED) is 0.803. The Hall–Kier alpha value is -3.15. The van der Waals surface area contributed by atoms with Crippen molar-refractivity contribution in [3.63, 3.8) is 0 Å². The van der Waals surface area contributed by atoms with E-state index >= 15 is 0 Å². The van der Waals surface area contributed by atoms with Gasteiger partial charge in [0.2, 0.25) is 0 Å². The van der Waals surface area contributed by atoms with Crippen molar-refractivity contribution in [1.29, 1.82) is 0 Å². The molecule has 2 aromatic carbocycles. The summed E-state index contributed by atoms with van der Waals surface area (Å²) in [5.74, 6) is -1.85. The molecule has 1 aromatic heterocycles. The first-order valence-electron chi connectivity index (χ1n) is 6.77. The molecule has 1 amide bonds. The van der Waals surface area contributed by atoms with Crippen LogP contribution in [0.15, 0.2) is 60.9 Å². The van der Waals surface area contributed by atoms with Crippen LogP contribution in [0.3, 0.4) is 0 Å². The third-order valence-corrected chi connectivity index (χ3v) is 3.12. The first-order chi connectivity index (χ1) is 11.1. The first-order valence-corrected chi connectivity index (χ1v) is 6.77. The van der Waals surface area contributed by atoms with Crippen LogP contribution in [0.25, 0.3) is 11.4 Å². The van der Waals surface area contributed by atoms with Gasteiger partial charge in [-0.2, -0.15) is 0 Å². The number of amides is 1. The fourth-order valence-corrected chi connectivity index (χ4v) is 2.00. The number of rotatable bonds is 3. The summed E-state index contributed by atoms with van der Waals surface area (Å²) in [4.78, 5) is 20.3. The number of carbonyl (C=O) groups excluding carboxylic acids is 1. The van der Waals surface area contributed by atoms with Gasteiger partial charge in [0, 0.05) is 11.6 Å². The van der Waals surface area contributed by atoms with Crippen LogP contribution >= 0.6 is 0 Å². The Labute approximate surface area is 130 Å². The molecule has 1 N–H and O–H groups in total. The molecule has 0 bridgehead atoms. The van der Waals surface area contributed by atoms with Gasteiger partial charge in [0.05, 0.1) is 23.6 Å². The Morgan fingerprint density at radius 2 is 1.65 bits per heavy atom. The van der Waals surface area contributed by atoms with E-state index in [1.807, 2.05) is 30.3 Å². The van der Waals surface area contributed by atoms with Crippen LogP contribution in [-0.2, 0) is 0 Å². The lowest BCUT2D eigenvalue weighted by Gasteiger charge is -2.06. The van der Waals surface area contributed by atoms with Crippen LogP contribution in [0, 0.1) is 11.6 Å². The number of aromatic nitrogens is 2. The van der Waals surface area contributed by atoms with Crippen molar-refractivity contribution in [3.05, 3.63) is 78.1 Å². The maximum atomic E-state index is 13.6. The monoisotopic (exact) mass is 311 g/mol. The molecule has 0 aliphatic carbocycles. The van der Waals surface area contributed by atoms with Crippen molar-refractivity contribution in [2.45, 2.75) is 0 Å². The van der Waals surface area contributed by atoms with Gasteiger partial charge in [-0.1, -0.05) is 30.3 Å². The number of hydrogen-bond acceptors (Lipinski definition) is 3. The average Bonchev–Trinajstić information content (AvgIpc) is 2.56. The summed E-state index contributed by atoms with van der Waals surface area (Å²) in [7, 11) is 0. The molecule has 3 aromatic rings. The molecule has 0 aliphatic heterocycles. The summed E-state index contributed by atoms with van der Waals surface area (Å²) in [5, 5.41) is 2.47. The molecule has 0 radical (unpaired) electrons. The second-order valence-electron chi connectivity index (χ2n) is 4.74. The Morgan fingerprint density at radius 3 is 2.30 bits per heavy atom. The summed E-state index contributed by atoms with van der Waals surface area (Å²) in [5.41, 5.74) is 0.909. The molecule has 114 valence electrons. The third kappa shape index (κ3) is 3.37. The maximum Gasteiger partial charge on any atom is 0.258 e. The molecular weight excluding hydrogens is 300 g/mol. The number of halogens is 2. The van der Waals surface area contributed by atoms with E-state index < -0.39 is 17.5 Å². The van der Waals surface area contributed by atoms with Crippen molar-refractivity contribution < 1.29 is 13.6 Å². The van der Waals surface area contributed by atoms with E-state index in [2.05, 4.69) is 15.3 Å². The van der Waals surface area contributed by atoms with Gasteiger partial charge in [-0.3, -0.25) is 4.79 Å². The van der Waals surface area contributed by atoms with Crippen molar-refractivity contribution in [2.75, 3.05) is 5.32 Å². The van der Waals surface area contributed by atoms with Crippen LogP contribution in [0.5, 0.6) is 0 Å². The molecule has 3 rings (SSSR count). The highest BCUT2D eigenvalue weighted by molar-refractivity contribution is 6.04. The SMILES string of the molecule is O=C(Nc1cnc(-c2ccccc2)nc1)c1ccc(F)cc1F. The van der Waals surface area contributed by atoms with E-state index in [1.165, 1.54) is 12.4 Å². The highest BCUT2D eigenvalue weighted by atomic mass is 19.1. The van der Waals surface area contributed by atoms with E-state index in [0.717, 1.165) is 17.7 Å². The first kappa shape index (κ1) is 14.8. The molecule has 0 atom stereocenters. The van der Waals surface area contributed by atoms with Crippen LogP contribution in [0.4, 0.5) is 14.5 Å². The zero-order chi connectivity index (χ0) is 16.2. The minimum Gasteiger partial charge on any atom is -0.319 e. The summed E-state index contributed by atoms with van der Waals surface area (Å²) < 4.78 is 26.4. The van der Waals surface area contributed by atoms with E-state index in [4.69, 9.17) is 0 Å². The maximum absolute atomic E-state index is 13.6. The standard InChI is InChI=1S/C17H11F2N3O/c18-12-6-7-14(15(19)8-12)17(23)22-13-9-20-16(21-10-13)11-4-2-1-3-5-11/h1-10H,(H,22,23). The van der Waals surface area contributed by atoms with Crippen LogP contribution < -0.4 is 5.32 Å². The van der Waals surface area contributed by atoms with Gasteiger partial charge in [-0.25, -0.2) is 18.7 Å². The van der Waals surface area contributed by atoms with Gasteiger partial charge >= 0.3 is 0 Å². The van der Waals surface area contributed by atoms with Crippen LogP contribution in [-0.4, -0.2) is 15.9 Å². The minimum absolute atomic E-state index is 0.251. The number of anilines is 1. The summed E-state index contributed by atoms with van der Waals surface area (Å²) >= 11 is 0. The Bertz CT molecular complexity index is 836. The molecule has 0 spiro atoms. The van der Waals surface area contributed by atoms with E-state index in [0.29, 0.717) is 17.6 Å². The highest BCUT2D eigenvalue weighted by Crippen LogP contribution is 2.16. The van der Waals surface area contributed by atoms with Gasteiger partial charge in [0.25, 0.3) is 5.91 Å². The minimum atomic E-state index is -0.927. The fourth-order valence-electron chi connectivity index (χ4n) is 2.00. The molecular formula is C17H11F2N3O. The molecule has 0 saturated heterocycles. The summed E-state index contributed by atoms with van der Waals surface area (Å²) in [6, 6.07) is 12.1. The van der Waals surface area contributed by atoms with Gasteiger partial charge in [-0.05, 0) is 12.1 Å². The largest absolute Gasteiger partial charge is 0.319 e. The second-order valence-corrected chi connectivity index (χ2v) is 4.74. The molecule has 1 heterocycles. The zero-order valence-corrected chi connectivity index (χ0v) is 11.8. The number of nitrogens with one attached hydrogen (secondary N) is 1. The van der Waals surface area contributed by atoms with Crippen molar-refractivity contribution in [3.8, 4) is 11.4 Å². The average molecular weight is 311 g/mol. The Balaban J connectivity index is 1.77. The lowest BCUT2D eigenvalue weighted by molar-refractivity contribution is 0.102. The van der Waals surface area contributed by atoms with Gasteiger partial charge in [0.1, 0.15) is 11.6 Å². The van der Waals surface area contributed by atoms with Crippen LogP contribution in [0.2, 0.25) is 0 Å². The van der Waals surface area contributed by atoms with Gasteiger partial charge in [-0.15, -0.1) is 0 Å². The summed E-state index contributed by atoms with van der Waals surface area (Å²) in [6.45, 7) is 0. The lowest BCUT2D eigenvalue weighted by Crippen LogP contribution is -2.14. The molecule has 0 aliphatic rings. The normalized spacial score (nSPS) is 10.3. The van der Waals surface area contributed by atoms with E-state index in [-0.39, 0.29) is 5.56 Å². The van der Waals surface area contributed by atoms with Crippen molar-refractivity contribution in [1.82, 2.24) is 9.97 Å². The van der Waals surface area contributed by atoms with E-state index in [9.17, 15) is 13.6 Å². The Morgan fingerprint density at radius 1 is 0.957 bits per heavy atom. The number of benzene rings is 2. The molecule has 4 nitrogen and oxygen atoms in total. The summed E-state index contributed by atoms with van der Waals surface area (Å²) in [6.07, 6.45) is 2.85. The van der Waals surface area contributed by atoms with Crippen LogP contribution in [0.1, 0.15) is 10.4 Å². The fraction of sp³-hybridized carbons (Fsp3) is 0. The third-order valence-electron chi connectivity index (χ3n) is 3.12. The predicted octanol–water partition coefficient (Wildman–Crippen LogP) is 3.67. The number of hydrogen-bond donors (Lipinski definition) is 1. The highest BCUT2D eigenvalue weighted by Gasteiger charge is 2.13. The van der Waals surface area contributed by atoms with Crippen molar-refractivity contribution >= 4 is 11.6 Å². The topological polar surface area (TPSA) is 54.9 Å². The molecule has 0 fully saturated rings. The molecule has 6 heteroatoms. The smallest absolute Gasteiger partial charge is 0.258 e. The second kappa shape index (κ2) is 6.31. The molecule has 0 unspecified atom stereocenters. The lowest BCUT2D eigenvalue weighted by atomic mass is 10.2. The number of carbonyl (C=O) groups is 1. The van der Waals surface area contributed by atoms with Crippen molar-refractivity contribution in [2.24, 2.45) is 0 Å². The zero-order valence-electron chi connectivity index (χ0n) is 11.8. The Kier molecular flexibility index (Phi) is 4.05. The number of nitrogens with zero attached hydrogens (tertiary/aromatic N) is 2. The van der Waals surface area contributed by atoms with Gasteiger partial charge < -0.3 is 5.32 Å². The molecule has 0 saturated carbocycles. The van der Waals surface area contributed by atoms with Gasteiger partial charge in [0.15, 0.2) is 5.82 Å². The molecule has 23 heavy (non-hydrogen) atoms.